The fourth-order valence-corrected chi connectivity index (χ4v) is 3.11. The Morgan fingerprint density at radius 2 is 2.21 bits per heavy atom. The summed E-state index contributed by atoms with van der Waals surface area (Å²) < 4.78 is 4.86. The molecule has 1 aliphatic rings. The Bertz CT molecular complexity index is 781. The van der Waals surface area contributed by atoms with Crippen molar-refractivity contribution in [3.8, 4) is 0 Å². The predicted octanol–water partition coefficient (Wildman–Crippen LogP) is 3.25. The van der Waals surface area contributed by atoms with Crippen molar-refractivity contribution in [3.63, 3.8) is 0 Å². The topological polar surface area (TPSA) is 75.4 Å². The number of aryl methyl sites for hydroxylation is 1. The molecule has 0 spiro atoms. The van der Waals surface area contributed by atoms with Crippen LogP contribution in [-0.2, 0) is 16.0 Å². The van der Waals surface area contributed by atoms with E-state index in [1.807, 2.05) is 25.1 Å². The molecule has 1 aliphatic heterocycles. The number of nitrogens with one attached hydrogen (secondary N) is 1. The summed E-state index contributed by atoms with van der Waals surface area (Å²) in [7, 11) is 0. The van der Waals surface area contributed by atoms with Crippen LogP contribution in [0.4, 0.5) is 11.4 Å². The lowest BCUT2D eigenvalue weighted by Crippen LogP contribution is -2.25. The van der Waals surface area contributed by atoms with Gasteiger partial charge in [0.25, 0.3) is 0 Å². The van der Waals surface area contributed by atoms with Gasteiger partial charge in [-0.25, -0.2) is 0 Å². The van der Waals surface area contributed by atoms with Crippen LogP contribution in [0.1, 0.15) is 29.7 Å². The third-order valence-electron chi connectivity index (χ3n) is 4.22. The van der Waals surface area contributed by atoms with Gasteiger partial charge in [-0.3, -0.25) is 9.59 Å². The van der Waals surface area contributed by atoms with Gasteiger partial charge in [0, 0.05) is 29.9 Å². The minimum absolute atomic E-state index is 0.0838. The third-order valence-corrected chi connectivity index (χ3v) is 4.51. The van der Waals surface area contributed by atoms with Crippen LogP contribution in [0.25, 0.3) is 0 Å². The smallest absolute Gasteiger partial charge is 0.229 e. The van der Waals surface area contributed by atoms with Gasteiger partial charge >= 0.3 is 0 Å². The molecule has 1 N–H and O–H groups in total. The second kappa shape index (κ2) is 6.65. The van der Waals surface area contributed by atoms with E-state index in [9.17, 15) is 9.59 Å². The molecule has 1 aromatic carbocycles. The van der Waals surface area contributed by atoms with Crippen LogP contribution in [0, 0.1) is 13.8 Å². The Hall–Kier alpha value is -2.34. The molecule has 126 valence electrons. The van der Waals surface area contributed by atoms with Gasteiger partial charge in [0.15, 0.2) is 0 Å². The van der Waals surface area contributed by atoms with Crippen molar-refractivity contribution >= 4 is 34.8 Å². The second-order valence-electron chi connectivity index (χ2n) is 5.84. The molecule has 2 heterocycles. The largest absolute Gasteiger partial charge is 0.344 e. The fourth-order valence-electron chi connectivity index (χ4n) is 2.87. The highest BCUT2D eigenvalue weighted by Crippen LogP contribution is 2.30. The van der Waals surface area contributed by atoms with E-state index in [4.69, 9.17) is 16.1 Å². The van der Waals surface area contributed by atoms with Gasteiger partial charge in [-0.1, -0.05) is 11.2 Å². The van der Waals surface area contributed by atoms with Crippen molar-refractivity contribution < 1.29 is 14.1 Å². The fraction of sp³-hybridized carbons (Fsp3) is 0.353. The van der Waals surface area contributed by atoms with E-state index in [1.165, 1.54) is 0 Å². The number of nitrogens with zero attached hydrogens (tertiary/aromatic N) is 2. The van der Waals surface area contributed by atoms with Crippen LogP contribution in [0.5, 0.6) is 0 Å². The lowest BCUT2D eigenvalue weighted by Gasteiger charge is -2.20. The standard InChI is InChI=1S/C17H18ClN3O3/c1-10-13(5-3-6-14(10)21-8-4-7-16(21)23)19-15(22)9-12-11(2)20-24-17(12)18/h3,5-6H,4,7-9H2,1-2H3,(H,19,22). The summed E-state index contributed by atoms with van der Waals surface area (Å²) in [6.07, 6.45) is 1.52. The molecule has 1 saturated heterocycles. The molecule has 0 atom stereocenters. The highest BCUT2D eigenvalue weighted by atomic mass is 35.5. The zero-order chi connectivity index (χ0) is 17.3. The first-order chi connectivity index (χ1) is 11.5. The number of benzene rings is 1. The number of hydrogen-bond acceptors (Lipinski definition) is 4. The van der Waals surface area contributed by atoms with Crippen molar-refractivity contribution in [1.29, 1.82) is 0 Å². The maximum atomic E-state index is 12.3. The number of carbonyl (C=O) groups excluding carboxylic acids is 2. The molecule has 0 radical (unpaired) electrons. The Morgan fingerprint density at radius 3 is 2.83 bits per heavy atom. The third kappa shape index (κ3) is 3.14. The normalized spacial score (nSPS) is 14.3. The van der Waals surface area contributed by atoms with Crippen molar-refractivity contribution in [2.75, 3.05) is 16.8 Å². The minimum atomic E-state index is -0.212. The zero-order valence-corrected chi connectivity index (χ0v) is 14.3. The van der Waals surface area contributed by atoms with Crippen molar-refractivity contribution in [1.82, 2.24) is 5.16 Å². The number of aromatic nitrogens is 1. The van der Waals surface area contributed by atoms with E-state index >= 15 is 0 Å². The molecule has 0 saturated carbocycles. The van der Waals surface area contributed by atoms with Gasteiger partial charge in [-0.15, -0.1) is 0 Å². The Morgan fingerprint density at radius 1 is 1.42 bits per heavy atom. The molecular weight excluding hydrogens is 330 g/mol. The number of rotatable bonds is 4. The van der Waals surface area contributed by atoms with E-state index < -0.39 is 0 Å². The van der Waals surface area contributed by atoms with Crippen LogP contribution < -0.4 is 10.2 Å². The molecule has 1 aromatic heterocycles. The summed E-state index contributed by atoms with van der Waals surface area (Å²) in [4.78, 5) is 26.0. The Labute approximate surface area is 144 Å². The lowest BCUT2D eigenvalue weighted by atomic mass is 10.1. The van der Waals surface area contributed by atoms with E-state index in [0.29, 0.717) is 29.9 Å². The first-order valence-electron chi connectivity index (χ1n) is 7.78. The van der Waals surface area contributed by atoms with Gasteiger partial charge in [0.1, 0.15) is 0 Å². The van der Waals surface area contributed by atoms with Gasteiger partial charge < -0.3 is 14.7 Å². The number of hydrogen-bond donors (Lipinski definition) is 1. The molecule has 6 nitrogen and oxygen atoms in total. The summed E-state index contributed by atoms with van der Waals surface area (Å²) in [6, 6.07) is 5.55. The lowest BCUT2D eigenvalue weighted by molar-refractivity contribution is -0.117. The van der Waals surface area contributed by atoms with E-state index in [0.717, 1.165) is 17.7 Å². The van der Waals surface area contributed by atoms with Crippen LogP contribution in [-0.4, -0.2) is 23.5 Å². The monoisotopic (exact) mass is 347 g/mol. The van der Waals surface area contributed by atoms with Gasteiger partial charge in [-0.2, -0.15) is 0 Å². The maximum absolute atomic E-state index is 12.3. The summed E-state index contributed by atoms with van der Waals surface area (Å²) in [6.45, 7) is 4.35. The minimum Gasteiger partial charge on any atom is -0.344 e. The van der Waals surface area contributed by atoms with Gasteiger partial charge in [-0.05, 0) is 49.6 Å². The summed E-state index contributed by atoms with van der Waals surface area (Å²) in [5, 5.41) is 6.75. The number of carbonyl (C=O) groups is 2. The number of halogens is 1. The van der Waals surface area contributed by atoms with E-state index in [1.54, 1.807) is 11.8 Å². The number of anilines is 2. The summed E-state index contributed by atoms with van der Waals surface area (Å²) in [5.41, 5.74) is 3.58. The molecule has 2 aromatic rings. The van der Waals surface area contributed by atoms with Gasteiger partial charge in [0.05, 0.1) is 12.1 Å². The van der Waals surface area contributed by atoms with E-state index in [-0.39, 0.29) is 23.5 Å². The van der Waals surface area contributed by atoms with Gasteiger partial charge in [0.2, 0.25) is 17.0 Å². The molecule has 0 aliphatic carbocycles. The van der Waals surface area contributed by atoms with Crippen LogP contribution >= 0.6 is 11.6 Å². The second-order valence-corrected chi connectivity index (χ2v) is 6.19. The van der Waals surface area contributed by atoms with Crippen molar-refractivity contribution in [2.45, 2.75) is 33.1 Å². The average molecular weight is 348 g/mol. The van der Waals surface area contributed by atoms with Crippen LogP contribution in [0.3, 0.4) is 0 Å². The molecule has 3 rings (SSSR count). The summed E-state index contributed by atoms with van der Waals surface area (Å²) >= 11 is 5.90. The highest BCUT2D eigenvalue weighted by molar-refractivity contribution is 6.29. The quantitative estimate of drug-likeness (QED) is 0.921. The Kier molecular flexibility index (Phi) is 4.57. The molecule has 2 amide bonds. The van der Waals surface area contributed by atoms with Crippen LogP contribution in [0.2, 0.25) is 5.22 Å². The van der Waals surface area contributed by atoms with E-state index in [2.05, 4.69) is 10.5 Å². The Balaban J connectivity index is 1.78. The molecule has 7 heteroatoms. The molecule has 1 fully saturated rings. The van der Waals surface area contributed by atoms with Crippen LogP contribution in [0.15, 0.2) is 22.7 Å². The first kappa shape index (κ1) is 16.5. The van der Waals surface area contributed by atoms with Crippen molar-refractivity contribution in [3.05, 3.63) is 40.2 Å². The zero-order valence-electron chi connectivity index (χ0n) is 13.6. The SMILES string of the molecule is Cc1noc(Cl)c1CC(=O)Nc1cccc(N2CCCC2=O)c1C. The first-order valence-corrected chi connectivity index (χ1v) is 8.15. The number of amides is 2. The average Bonchev–Trinajstić information content (AvgIpc) is 3.10. The molecule has 0 unspecified atom stereocenters. The highest BCUT2D eigenvalue weighted by Gasteiger charge is 2.24. The maximum Gasteiger partial charge on any atom is 0.229 e. The summed E-state index contributed by atoms with van der Waals surface area (Å²) in [5.74, 6) is -0.0929. The molecule has 24 heavy (non-hydrogen) atoms. The van der Waals surface area contributed by atoms with Crippen molar-refractivity contribution in [2.24, 2.45) is 0 Å². The molecule has 0 bridgehead atoms. The molecular formula is C17H18ClN3O3. The predicted molar refractivity (Wildman–Crippen MR) is 91.3 cm³/mol.